The first-order chi connectivity index (χ1) is 7.13. The molecule has 0 aromatic rings. The van der Waals surface area contributed by atoms with E-state index in [1.165, 1.54) is 0 Å². The molecule has 4 N–H and O–H groups in total. The maximum atomic E-state index is 8.15. The molecular weight excluding hydrogens is 196 g/mol. The minimum Gasteiger partial charge on any atom is -0.395 e. The fourth-order valence-electron chi connectivity index (χ4n) is 0.819. The first kappa shape index (κ1) is 16.6. The zero-order chi connectivity index (χ0) is 12.1. The molecule has 0 heterocycles. The summed E-state index contributed by atoms with van der Waals surface area (Å²) >= 11 is 0. The Morgan fingerprint density at radius 1 is 1.20 bits per heavy atom. The minimum absolute atomic E-state index is 0.139. The van der Waals surface area contributed by atoms with Gasteiger partial charge >= 0.3 is 0 Å². The number of aliphatic hydroxyl groups is 2. The second kappa shape index (κ2) is 13.2. The summed E-state index contributed by atoms with van der Waals surface area (Å²) in [5, 5.41) is 22.0. The van der Waals surface area contributed by atoms with Crippen molar-refractivity contribution in [3.05, 3.63) is 0 Å². The molecule has 92 valence electrons. The summed E-state index contributed by atoms with van der Waals surface area (Å²) in [6.07, 6.45) is 0. The standard InChI is InChI=1S/C5H13N3.C4H11NO2/c1-6-5(7-2)8(3)4;6-3-1-5-2-4-7/h1-4H3,(H,6,7);5-7H,1-4H2. The zero-order valence-electron chi connectivity index (χ0n) is 10.1. The van der Waals surface area contributed by atoms with Crippen LogP contribution in [0.2, 0.25) is 0 Å². The molecule has 0 radical (unpaired) electrons. The fraction of sp³-hybridized carbons (Fsp3) is 0.889. The lowest BCUT2D eigenvalue weighted by Gasteiger charge is -2.12. The smallest absolute Gasteiger partial charge is 0.192 e. The number of hydrogen-bond donors (Lipinski definition) is 4. The molecule has 0 unspecified atom stereocenters. The average molecular weight is 220 g/mol. The monoisotopic (exact) mass is 220 g/mol. The van der Waals surface area contributed by atoms with Gasteiger partial charge in [-0.2, -0.15) is 0 Å². The van der Waals surface area contributed by atoms with E-state index in [0.29, 0.717) is 13.1 Å². The molecule has 0 aromatic heterocycles. The van der Waals surface area contributed by atoms with Crippen LogP contribution < -0.4 is 10.6 Å². The Labute approximate surface area is 92.0 Å². The summed E-state index contributed by atoms with van der Waals surface area (Å²) < 4.78 is 0. The molecule has 0 fully saturated rings. The second-order valence-electron chi connectivity index (χ2n) is 2.89. The van der Waals surface area contributed by atoms with Crippen LogP contribution in [0.5, 0.6) is 0 Å². The fourth-order valence-corrected chi connectivity index (χ4v) is 0.819. The van der Waals surface area contributed by atoms with Gasteiger partial charge in [0.05, 0.1) is 13.2 Å². The van der Waals surface area contributed by atoms with Gasteiger partial charge in [0, 0.05) is 41.3 Å². The van der Waals surface area contributed by atoms with Crippen molar-refractivity contribution >= 4 is 5.96 Å². The molecule has 15 heavy (non-hydrogen) atoms. The predicted octanol–water partition coefficient (Wildman–Crippen LogP) is -1.69. The van der Waals surface area contributed by atoms with Crippen molar-refractivity contribution in [2.45, 2.75) is 0 Å². The van der Waals surface area contributed by atoms with E-state index in [0.717, 1.165) is 5.96 Å². The molecule has 0 saturated heterocycles. The van der Waals surface area contributed by atoms with Crippen LogP contribution in [0.4, 0.5) is 0 Å². The first-order valence-corrected chi connectivity index (χ1v) is 4.88. The van der Waals surface area contributed by atoms with Crippen LogP contribution in [0.3, 0.4) is 0 Å². The summed E-state index contributed by atoms with van der Waals surface area (Å²) in [6.45, 7) is 1.42. The van der Waals surface area contributed by atoms with E-state index in [1.807, 2.05) is 26.0 Å². The number of guanidine groups is 1. The molecule has 0 bridgehead atoms. The summed E-state index contributed by atoms with van der Waals surface area (Å²) in [5.74, 6) is 0.894. The van der Waals surface area contributed by atoms with E-state index in [-0.39, 0.29) is 13.2 Å². The highest BCUT2D eigenvalue weighted by Crippen LogP contribution is 1.73. The van der Waals surface area contributed by atoms with Gasteiger partial charge in [0.1, 0.15) is 0 Å². The molecule has 0 aliphatic heterocycles. The molecule has 0 atom stereocenters. The second-order valence-corrected chi connectivity index (χ2v) is 2.89. The van der Waals surface area contributed by atoms with Crippen LogP contribution in [-0.4, -0.2) is 75.6 Å². The molecule has 0 saturated carbocycles. The van der Waals surface area contributed by atoms with Gasteiger partial charge in [0.15, 0.2) is 5.96 Å². The van der Waals surface area contributed by atoms with Crippen molar-refractivity contribution in [1.29, 1.82) is 0 Å². The maximum Gasteiger partial charge on any atom is 0.192 e. The molecule has 6 heteroatoms. The summed E-state index contributed by atoms with van der Waals surface area (Å²) in [7, 11) is 7.49. The Balaban J connectivity index is 0. The van der Waals surface area contributed by atoms with Crippen molar-refractivity contribution in [1.82, 2.24) is 15.5 Å². The molecular formula is C9H24N4O2. The Morgan fingerprint density at radius 3 is 1.80 bits per heavy atom. The van der Waals surface area contributed by atoms with E-state index in [9.17, 15) is 0 Å². The van der Waals surface area contributed by atoms with Gasteiger partial charge in [0.25, 0.3) is 0 Å². The summed E-state index contributed by atoms with van der Waals surface area (Å²) in [5.41, 5.74) is 0. The van der Waals surface area contributed by atoms with Crippen molar-refractivity contribution in [2.75, 3.05) is 54.5 Å². The topological polar surface area (TPSA) is 80.1 Å². The summed E-state index contributed by atoms with van der Waals surface area (Å²) in [4.78, 5) is 5.85. The normalized spacial score (nSPS) is 10.4. The SMILES string of the molecule is CN=C(NC)N(C)C.OCCNCCO. The molecule has 0 amide bonds. The number of nitrogens with one attached hydrogen (secondary N) is 2. The third-order valence-electron chi connectivity index (χ3n) is 1.44. The first-order valence-electron chi connectivity index (χ1n) is 4.88. The summed E-state index contributed by atoms with van der Waals surface area (Å²) in [6, 6.07) is 0. The Bertz CT molecular complexity index is 147. The molecule has 0 spiro atoms. The van der Waals surface area contributed by atoms with Crippen LogP contribution in [0.1, 0.15) is 0 Å². The van der Waals surface area contributed by atoms with Gasteiger partial charge in [-0.25, -0.2) is 0 Å². The third kappa shape index (κ3) is 13.2. The van der Waals surface area contributed by atoms with Crippen molar-refractivity contribution < 1.29 is 10.2 Å². The Morgan fingerprint density at radius 2 is 1.67 bits per heavy atom. The highest BCUT2D eigenvalue weighted by Gasteiger charge is 1.91. The minimum atomic E-state index is 0.139. The van der Waals surface area contributed by atoms with Gasteiger partial charge in [-0.05, 0) is 0 Å². The van der Waals surface area contributed by atoms with Crippen LogP contribution >= 0.6 is 0 Å². The highest BCUT2D eigenvalue weighted by atomic mass is 16.3. The van der Waals surface area contributed by atoms with Gasteiger partial charge in [-0.1, -0.05) is 0 Å². The van der Waals surface area contributed by atoms with Crippen molar-refractivity contribution in [3.63, 3.8) is 0 Å². The van der Waals surface area contributed by atoms with Crippen LogP contribution in [0.15, 0.2) is 4.99 Å². The van der Waals surface area contributed by atoms with Crippen LogP contribution in [0.25, 0.3) is 0 Å². The largest absolute Gasteiger partial charge is 0.395 e. The zero-order valence-corrected chi connectivity index (χ0v) is 10.1. The van der Waals surface area contributed by atoms with E-state index < -0.39 is 0 Å². The van der Waals surface area contributed by atoms with Gasteiger partial charge in [-0.3, -0.25) is 4.99 Å². The number of rotatable bonds is 4. The van der Waals surface area contributed by atoms with Crippen LogP contribution in [0, 0.1) is 0 Å². The predicted molar refractivity (Wildman–Crippen MR) is 63.1 cm³/mol. The highest BCUT2D eigenvalue weighted by molar-refractivity contribution is 5.78. The van der Waals surface area contributed by atoms with Gasteiger partial charge < -0.3 is 25.7 Å². The van der Waals surface area contributed by atoms with E-state index >= 15 is 0 Å². The number of aliphatic hydroxyl groups excluding tert-OH is 2. The lowest BCUT2D eigenvalue weighted by Crippen LogP contribution is -2.33. The Kier molecular flexibility index (Phi) is 14.5. The lowest BCUT2D eigenvalue weighted by molar-refractivity contribution is 0.267. The molecule has 0 rings (SSSR count). The van der Waals surface area contributed by atoms with Crippen molar-refractivity contribution in [2.24, 2.45) is 4.99 Å². The maximum absolute atomic E-state index is 8.15. The number of nitrogens with zero attached hydrogens (tertiary/aromatic N) is 2. The van der Waals surface area contributed by atoms with Gasteiger partial charge in [0.2, 0.25) is 0 Å². The Hall–Kier alpha value is -0.850. The number of aliphatic imine (C=N–C) groups is 1. The molecule has 0 aromatic carbocycles. The van der Waals surface area contributed by atoms with Crippen LogP contribution in [-0.2, 0) is 0 Å². The average Bonchev–Trinajstić information content (AvgIpc) is 2.21. The van der Waals surface area contributed by atoms with Gasteiger partial charge in [-0.15, -0.1) is 0 Å². The van der Waals surface area contributed by atoms with E-state index in [4.69, 9.17) is 10.2 Å². The molecule has 0 aliphatic rings. The third-order valence-corrected chi connectivity index (χ3v) is 1.44. The number of hydrogen-bond acceptors (Lipinski definition) is 4. The van der Waals surface area contributed by atoms with Crippen molar-refractivity contribution in [3.8, 4) is 0 Å². The molecule has 6 nitrogen and oxygen atoms in total. The van der Waals surface area contributed by atoms with E-state index in [2.05, 4.69) is 15.6 Å². The molecule has 0 aliphatic carbocycles. The lowest BCUT2D eigenvalue weighted by atomic mass is 10.6. The quantitative estimate of drug-likeness (QED) is 0.258. The van der Waals surface area contributed by atoms with E-state index in [1.54, 1.807) is 7.05 Å².